The highest BCUT2D eigenvalue weighted by atomic mass is 32.1. The first-order chi connectivity index (χ1) is 11.8. The Balaban J connectivity index is 1.96. The molecule has 0 fully saturated rings. The molecule has 3 heterocycles. The molecule has 0 radical (unpaired) electrons. The number of benzene rings is 1. The predicted molar refractivity (Wildman–Crippen MR) is 95.8 cm³/mol. The maximum atomic E-state index is 9.30. The van der Waals surface area contributed by atoms with Gasteiger partial charge >= 0.3 is 0 Å². The zero-order valence-corrected chi connectivity index (χ0v) is 13.9. The molecular weight excluding hydrogens is 316 g/mol. The molecule has 5 heteroatoms. The number of hydrogen-bond acceptors (Lipinski definition) is 4. The molecule has 4 aromatic rings. The number of imidazole rings is 1. The fraction of sp³-hybridized carbons (Fsp3) is 0.105. The average molecular weight is 330 g/mol. The van der Waals surface area contributed by atoms with Crippen molar-refractivity contribution in [2.45, 2.75) is 13.3 Å². The highest BCUT2D eigenvalue weighted by Gasteiger charge is 2.18. The van der Waals surface area contributed by atoms with Crippen molar-refractivity contribution in [1.29, 1.82) is 5.26 Å². The van der Waals surface area contributed by atoms with E-state index >= 15 is 0 Å². The summed E-state index contributed by atoms with van der Waals surface area (Å²) in [7, 11) is 0. The molecule has 0 spiro atoms. The van der Waals surface area contributed by atoms with Gasteiger partial charge in [-0.3, -0.25) is 9.38 Å². The van der Waals surface area contributed by atoms with E-state index in [-0.39, 0.29) is 0 Å². The minimum absolute atomic E-state index is 0.307. The Morgan fingerprint density at radius 3 is 2.71 bits per heavy atom. The molecule has 0 bridgehead atoms. The Bertz CT molecular complexity index is 1040. The average Bonchev–Trinajstić information content (AvgIpc) is 3.17. The highest BCUT2D eigenvalue weighted by Crippen LogP contribution is 2.33. The monoisotopic (exact) mass is 330 g/mol. The molecule has 0 saturated heterocycles. The van der Waals surface area contributed by atoms with E-state index in [1.807, 2.05) is 12.1 Å². The summed E-state index contributed by atoms with van der Waals surface area (Å²) in [5, 5.41) is 11.4. The number of fused-ring (bicyclic) bond motifs is 1. The van der Waals surface area contributed by atoms with Gasteiger partial charge in [0, 0.05) is 23.3 Å². The maximum Gasteiger partial charge on any atom is 0.194 e. The van der Waals surface area contributed by atoms with Crippen LogP contribution in [0.4, 0.5) is 0 Å². The number of thiazole rings is 1. The largest absolute Gasteiger partial charge is 0.286 e. The highest BCUT2D eigenvalue weighted by molar-refractivity contribution is 7.15. The Labute approximate surface area is 143 Å². The molecule has 24 heavy (non-hydrogen) atoms. The summed E-state index contributed by atoms with van der Waals surface area (Å²) in [5.74, 6) is 0. The van der Waals surface area contributed by atoms with Crippen LogP contribution in [0.3, 0.4) is 0 Å². The van der Waals surface area contributed by atoms with Crippen molar-refractivity contribution in [2.24, 2.45) is 0 Å². The van der Waals surface area contributed by atoms with Crippen molar-refractivity contribution in [3.05, 3.63) is 65.4 Å². The van der Waals surface area contributed by atoms with E-state index < -0.39 is 0 Å². The first-order valence-electron chi connectivity index (χ1n) is 7.61. The molecule has 0 atom stereocenters. The van der Waals surface area contributed by atoms with Gasteiger partial charge in [-0.1, -0.05) is 29.8 Å². The lowest BCUT2D eigenvalue weighted by atomic mass is 10.1. The van der Waals surface area contributed by atoms with Crippen LogP contribution < -0.4 is 0 Å². The van der Waals surface area contributed by atoms with Gasteiger partial charge in [-0.25, -0.2) is 4.98 Å². The predicted octanol–water partition coefficient (Wildman–Crippen LogP) is 4.50. The van der Waals surface area contributed by atoms with Crippen molar-refractivity contribution < 1.29 is 0 Å². The summed E-state index contributed by atoms with van der Waals surface area (Å²) in [6, 6.07) is 14.6. The van der Waals surface area contributed by atoms with Gasteiger partial charge in [0.15, 0.2) is 4.96 Å². The van der Waals surface area contributed by atoms with Gasteiger partial charge in [-0.2, -0.15) is 5.26 Å². The number of pyridine rings is 1. The second-order valence-corrected chi connectivity index (χ2v) is 6.43. The van der Waals surface area contributed by atoms with Gasteiger partial charge in [0.2, 0.25) is 0 Å². The number of nitriles is 1. The van der Waals surface area contributed by atoms with E-state index in [9.17, 15) is 5.26 Å². The summed E-state index contributed by atoms with van der Waals surface area (Å²) in [6.07, 6.45) is 3.84. The van der Waals surface area contributed by atoms with Crippen LogP contribution in [0.1, 0.15) is 11.3 Å². The third-order valence-electron chi connectivity index (χ3n) is 3.99. The Morgan fingerprint density at radius 2 is 2.00 bits per heavy atom. The smallest absolute Gasteiger partial charge is 0.194 e. The van der Waals surface area contributed by atoms with Gasteiger partial charge in [0.25, 0.3) is 0 Å². The molecule has 0 saturated carbocycles. The fourth-order valence-electron chi connectivity index (χ4n) is 2.81. The molecule has 0 N–H and O–H groups in total. The van der Waals surface area contributed by atoms with Crippen LogP contribution in [0.5, 0.6) is 0 Å². The second-order valence-electron chi connectivity index (χ2n) is 5.59. The topological polar surface area (TPSA) is 54.0 Å². The van der Waals surface area contributed by atoms with Gasteiger partial charge in [-0.15, -0.1) is 11.3 Å². The molecule has 116 valence electrons. The minimum atomic E-state index is 0.307. The van der Waals surface area contributed by atoms with Crippen LogP contribution in [0.2, 0.25) is 0 Å². The van der Waals surface area contributed by atoms with E-state index in [1.54, 1.807) is 23.7 Å². The quantitative estimate of drug-likeness (QED) is 0.556. The van der Waals surface area contributed by atoms with E-state index in [1.165, 1.54) is 5.56 Å². The lowest BCUT2D eigenvalue weighted by Crippen LogP contribution is -1.95. The molecular formula is C19H14N4S. The van der Waals surface area contributed by atoms with Crippen LogP contribution in [0.25, 0.3) is 27.5 Å². The SMILES string of the molecule is Cc1ccc(-c2csc3nc(-c4cccnc4)c(CC#N)n23)cc1. The molecule has 0 unspecified atom stereocenters. The lowest BCUT2D eigenvalue weighted by Gasteiger charge is -2.05. The van der Waals surface area contributed by atoms with Crippen molar-refractivity contribution in [1.82, 2.24) is 14.4 Å². The number of nitrogens with zero attached hydrogens (tertiary/aromatic N) is 4. The van der Waals surface area contributed by atoms with Crippen LogP contribution in [-0.2, 0) is 6.42 Å². The molecule has 3 aromatic heterocycles. The van der Waals surface area contributed by atoms with E-state index in [0.29, 0.717) is 6.42 Å². The Hall–Kier alpha value is -2.97. The van der Waals surface area contributed by atoms with Crippen molar-refractivity contribution in [3.63, 3.8) is 0 Å². The molecule has 0 amide bonds. The standard InChI is InChI=1S/C19H14N4S/c1-13-4-6-14(7-5-13)17-12-24-19-22-18(15-3-2-10-21-11-15)16(8-9-20)23(17)19/h2-7,10-12H,8H2,1H3. The molecule has 4 rings (SSSR count). The zero-order chi connectivity index (χ0) is 16.5. The van der Waals surface area contributed by atoms with E-state index in [2.05, 4.69) is 52.0 Å². The molecule has 0 aliphatic rings. The van der Waals surface area contributed by atoms with Crippen molar-refractivity contribution in [2.75, 3.05) is 0 Å². The molecule has 0 aliphatic carbocycles. The summed E-state index contributed by atoms with van der Waals surface area (Å²) < 4.78 is 2.10. The van der Waals surface area contributed by atoms with Gasteiger partial charge in [0.05, 0.1) is 29.6 Å². The Morgan fingerprint density at radius 1 is 1.17 bits per heavy atom. The van der Waals surface area contributed by atoms with E-state index in [4.69, 9.17) is 4.98 Å². The van der Waals surface area contributed by atoms with Gasteiger partial charge < -0.3 is 0 Å². The first-order valence-corrected chi connectivity index (χ1v) is 8.49. The van der Waals surface area contributed by atoms with E-state index in [0.717, 1.165) is 33.2 Å². The summed E-state index contributed by atoms with van der Waals surface area (Å²) in [5.41, 5.74) is 6.11. The third kappa shape index (κ3) is 2.38. The molecule has 4 nitrogen and oxygen atoms in total. The number of aromatic nitrogens is 3. The van der Waals surface area contributed by atoms with Crippen molar-refractivity contribution >= 4 is 16.3 Å². The first kappa shape index (κ1) is 14.6. The maximum absolute atomic E-state index is 9.30. The summed E-state index contributed by atoms with van der Waals surface area (Å²) in [4.78, 5) is 9.83. The zero-order valence-electron chi connectivity index (χ0n) is 13.1. The van der Waals surface area contributed by atoms with Gasteiger partial charge in [-0.05, 0) is 24.6 Å². The van der Waals surface area contributed by atoms with Crippen LogP contribution in [0, 0.1) is 18.3 Å². The third-order valence-corrected chi connectivity index (χ3v) is 4.81. The summed E-state index contributed by atoms with van der Waals surface area (Å²) in [6.45, 7) is 2.08. The van der Waals surface area contributed by atoms with Crippen LogP contribution in [-0.4, -0.2) is 14.4 Å². The molecule has 1 aromatic carbocycles. The normalized spacial score (nSPS) is 10.8. The van der Waals surface area contributed by atoms with Crippen LogP contribution >= 0.6 is 11.3 Å². The Kier molecular flexibility index (Phi) is 3.60. The number of aryl methyl sites for hydroxylation is 1. The summed E-state index contributed by atoms with van der Waals surface area (Å²) >= 11 is 1.59. The number of hydrogen-bond donors (Lipinski definition) is 0. The number of rotatable bonds is 3. The lowest BCUT2D eigenvalue weighted by molar-refractivity contribution is 1.08. The van der Waals surface area contributed by atoms with Crippen molar-refractivity contribution in [3.8, 4) is 28.6 Å². The second kappa shape index (κ2) is 5.91. The molecule has 0 aliphatic heterocycles. The van der Waals surface area contributed by atoms with Gasteiger partial charge in [0.1, 0.15) is 0 Å². The fourth-order valence-corrected chi connectivity index (χ4v) is 3.73. The van der Waals surface area contributed by atoms with Crippen LogP contribution in [0.15, 0.2) is 54.2 Å². The minimum Gasteiger partial charge on any atom is -0.286 e.